The monoisotopic (exact) mass is 566 g/mol. The molecule has 5 heteroatoms. The van der Waals surface area contributed by atoms with Crippen LogP contribution >= 0.6 is 0 Å². The number of aryl methyl sites for hydroxylation is 2. The van der Waals surface area contributed by atoms with Crippen LogP contribution in [0.25, 0.3) is 10.8 Å². The number of rotatable bonds is 23. The van der Waals surface area contributed by atoms with Gasteiger partial charge in [0.25, 0.3) is 0 Å². The number of benzene rings is 2. The molecule has 0 aliphatic rings. The molecule has 0 unspecified atom stereocenters. The van der Waals surface area contributed by atoms with Crippen molar-refractivity contribution in [3.05, 3.63) is 41.5 Å². The number of unbranched alkanes of at least 4 members (excludes halogenated alkanes) is 18. The van der Waals surface area contributed by atoms with Crippen molar-refractivity contribution in [1.82, 2.24) is 0 Å². The molecule has 0 aliphatic carbocycles. The summed E-state index contributed by atoms with van der Waals surface area (Å²) in [6, 6.07) is 9.85. The molecule has 0 fully saturated rings. The normalized spacial score (nSPS) is 11.7. The topological polar surface area (TPSA) is 57.2 Å². The van der Waals surface area contributed by atoms with Gasteiger partial charge in [-0.1, -0.05) is 160 Å². The largest absolute Gasteiger partial charge is 1.00 e. The van der Waals surface area contributed by atoms with Crippen molar-refractivity contribution in [2.24, 2.45) is 0 Å². The molecule has 0 radical (unpaired) electrons. The minimum Gasteiger partial charge on any atom is -0.744 e. The average molecular weight is 567 g/mol. The predicted molar refractivity (Wildman–Crippen MR) is 163 cm³/mol. The van der Waals surface area contributed by atoms with Crippen molar-refractivity contribution < 1.29 is 42.5 Å². The van der Waals surface area contributed by atoms with Crippen LogP contribution < -0.4 is 29.6 Å². The van der Waals surface area contributed by atoms with Crippen LogP contribution in [0.2, 0.25) is 0 Å². The summed E-state index contributed by atoms with van der Waals surface area (Å²) >= 11 is 0. The maximum Gasteiger partial charge on any atom is 1.00 e. The van der Waals surface area contributed by atoms with E-state index in [1.165, 1.54) is 103 Å². The van der Waals surface area contributed by atoms with Crippen LogP contribution in [0.5, 0.6) is 0 Å². The summed E-state index contributed by atoms with van der Waals surface area (Å²) in [5.41, 5.74) is 1.73. The van der Waals surface area contributed by atoms with Gasteiger partial charge in [0.05, 0.1) is 4.90 Å². The zero-order valence-corrected chi connectivity index (χ0v) is 28.4. The van der Waals surface area contributed by atoms with Gasteiger partial charge >= 0.3 is 29.6 Å². The van der Waals surface area contributed by atoms with Crippen LogP contribution in [0.3, 0.4) is 0 Å². The average Bonchev–Trinajstić information content (AvgIpc) is 2.90. The standard InChI is InChI=1S/C34H56O3S.Na/c1-3-5-7-9-11-13-15-17-19-21-24-30-26-23-27-31-28-29-32(34(33(30)31)38(35,36)37)25-22-20-18-16-14-12-10-8-6-4-2;/h23,26-29H,3-22,24-25H2,1-2H3,(H,35,36,37);/q;+1/p-1. The second-order valence-electron chi connectivity index (χ2n) is 11.4. The molecule has 0 amide bonds. The van der Waals surface area contributed by atoms with Crippen LogP contribution in [-0.2, 0) is 23.0 Å². The Kier molecular flexibility index (Phi) is 20.9. The van der Waals surface area contributed by atoms with Crippen LogP contribution in [0.15, 0.2) is 35.2 Å². The zero-order chi connectivity index (χ0) is 27.5. The Hall–Kier alpha value is -0.390. The fourth-order valence-corrected chi connectivity index (χ4v) is 6.75. The molecule has 0 spiro atoms. The van der Waals surface area contributed by atoms with Gasteiger partial charge in [0.2, 0.25) is 0 Å². The fraction of sp³-hybridized carbons (Fsp3) is 0.706. The van der Waals surface area contributed by atoms with Gasteiger partial charge in [0.1, 0.15) is 10.1 Å². The van der Waals surface area contributed by atoms with E-state index in [2.05, 4.69) is 13.8 Å². The Morgan fingerprint density at radius 2 is 0.949 bits per heavy atom. The summed E-state index contributed by atoms with van der Waals surface area (Å²) in [4.78, 5) is 0.0496. The first kappa shape index (κ1) is 36.6. The summed E-state index contributed by atoms with van der Waals surface area (Å²) in [7, 11) is -4.55. The Bertz CT molecular complexity index is 1000. The van der Waals surface area contributed by atoms with Crippen molar-refractivity contribution in [2.45, 2.75) is 160 Å². The molecule has 0 N–H and O–H groups in total. The van der Waals surface area contributed by atoms with Gasteiger partial charge in [-0.3, -0.25) is 0 Å². The van der Waals surface area contributed by atoms with Gasteiger partial charge in [0, 0.05) is 5.39 Å². The fourth-order valence-electron chi connectivity index (χ4n) is 5.76. The second kappa shape index (κ2) is 22.2. The molecule has 0 aliphatic heterocycles. The summed E-state index contributed by atoms with van der Waals surface area (Å²) < 4.78 is 37.5. The van der Waals surface area contributed by atoms with Gasteiger partial charge in [-0.25, -0.2) is 8.42 Å². The van der Waals surface area contributed by atoms with Gasteiger partial charge < -0.3 is 4.55 Å². The quantitative estimate of drug-likeness (QED) is 0.0788. The first-order chi connectivity index (χ1) is 18.5. The smallest absolute Gasteiger partial charge is 0.744 e. The van der Waals surface area contributed by atoms with Gasteiger partial charge in [-0.2, -0.15) is 0 Å². The van der Waals surface area contributed by atoms with E-state index in [0.717, 1.165) is 43.1 Å². The summed E-state index contributed by atoms with van der Waals surface area (Å²) in [6.07, 6.45) is 26.6. The Balaban J connectivity index is 0.00000760. The zero-order valence-electron chi connectivity index (χ0n) is 25.6. The summed E-state index contributed by atoms with van der Waals surface area (Å²) in [6.45, 7) is 4.50. The third-order valence-corrected chi connectivity index (χ3v) is 8.98. The van der Waals surface area contributed by atoms with E-state index in [1.54, 1.807) is 0 Å². The Morgan fingerprint density at radius 1 is 0.538 bits per heavy atom. The van der Waals surface area contributed by atoms with Crippen molar-refractivity contribution in [3.8, 4) is 0 Å². The first-order valence-corrected chi connectivity index (χ1v) is 17.4. The van der Waals surface area contributed by atoms with Crippen LogP contribution in [0.1, 0.15) is 153 Å². The molecule has 216 valence electrons. The van der Waals surface area contributed by atoms with Crippen LogP contribution in [0.4, 0.5) is 0 Å². The maximum atomic E-state index is 12.5. The third kappa shape index (κ3) is 14.9. The number of hydrogen-bond donors (Lipinski definition) is 0. The number of fused-ring (bicyclic) bond motifs is 1. The molecule has 0 aromatic heterocycles. The molecule has 0 atom stereocenters. The molecule has 39 heavy (non-hydrogen) atoms. The van der Waals surface area contributed by atoms with E-state index >= 15 is 0 Å². The molecule has 2 aromatic rings. The van der Waals surface area contributed by atoms with E-state index in [4.69, 9.17) is 0 Å². The van der Waals surface area contributed by atoms with E-state index in [0.29, 0.717) is 17.4 Å². The van der Waals surface area contributed by atoms with E-state index < -0.39 is 10.1 Å². The van der Waals surface area contributed by atoms with E-state index in [9.17, 15) is 13.0 Å². The predicted octanol–water partition coefficient (Wildman–Crippen LogP) is 7.67. The van der Waals surface area contributed by atoms with Crippen molar-refractivity contribution in [2.75, 3.05) is 0 Å². The van der Waals surface area contributed by atoms with Gasteiger partial charge in [-0.05, 0) is 42.2 Å². The second-order valence-corrected chi connectivity index (χ2v) is 12.7. The Labute approximate surface area is 263 Å². The molecule has 2 aromatic carbocycles. The molecule has 2 rings (SSSR count). The third-order valence-electron chi connectivity index (χ3n) is 8.02. The Morgan fingerprint density at radius 3 is 1.38 bits per heavy atom. The van der Waals surface area contributed by atoms with Crippen LogP contribution in [-0.4, -0.2) is 13.0 Å². The van der Waals surface area contributed by atoms with Crippen molar-refractivity contribution >= 4 is 20.9 Å². The number of hydrogen-bond acceptors (Lipinski definition) is 3. The molecule has 0 saturated carbocycles. The van der Waals surface area contributed by atoms with E-state index in [1.807, 2.05) is 30.3 Å². The van der Waals surface area contributed by atoms with Crippen molar-refractivity contribution in [3.63, 3.8) is 0 Å². The maximum absolute atomic E-state index is 12.5. The first-order valence-electron chi connectivity index (χ1n) is 16.0. The summed E-state index contributed by atoms with van der Waals surface area (Å²) in [5, 5.41) is 1.55. The van der Waals surface area contributed by atoms with Crippen molar-refractivity contribution in [1.29, 1.82) is 0 Å². The minimum atomic E-state index is -4.55. The SMILES string of the molecule is CCCCCCCCCCCCc1ccc2cccc(CCCCCCCCCCCC)c2c1S(=O)(=O)[O-].[Na+]. The van der Waals surface area contributed by atoms with Gasteiger partial charge in [-0.15, -0.1) is 0 Å². The summed E-state index contributed by atoms with van der Waals surface area (Å²) in [5.74, 6) is 0. The van der Waals surface area contributed by atoms with E-state index in [-0.39, 0.29) is 34.5 Å². The molecule has 0 heterocycles. The minimum absolute atomic E-state index is 0. The molecule has 0 bridgehead atoms. The van der Waals surface area contributed by atoms with Gasteiger partial charge in [0.15, 0.2) is 0 Å². The van der Waals surface area contributed by atoms with Crippen LogP contribution in [0, 0.1) is 0 Å². The molecular formula is C34H55NaO3S. The molecular weight excluding hydrogens is 511 g/mol. The molecule has 0 saturated heterocycles. The molecule has 3 nitrogen and oxygen atoms in total.